The second-order valence-electron chi connectivity index (χ2n) is 2.66. The molecule has 0 aliphatic rings. The van der Waals surface area contributed by atoms with Crippen molar-refractivity contribution in [3.63, 3.8) is 0 Å². The van der Waals surface area contributed by atoms with Crippen LogP contribution in [0.15, 0.2) is 6.20 Å². The molecule has 0 unspecified atom stereocenters. The highest BCUT2D eigenvalue weighted by Crippen LogP contribution is 2.36. The van der Waals surface area contributed by atoms with Crippen LogP contribution in [0.3, 0.4) is 0 Å². The fourth-order valence-corrected chi connectivity index (χ4v) is 1.47. The van der Waals surface area contributed by atoms with Crippen LogP contribution >= 0.6 is 11.6 Å². The Kier molecular flexibility index (Phi) is 4.08. The molecule has 0 bridgehead atoms. The molecule has 0 aliphatic carbocycles. The molecule has 0 saturated carbocycles. The SMILES string of the molecule is COc1cnc(C(F)F)c(CCl)c1OC. The van der Waals surface area contributed by atoms with Gasteiger partial charge >= 0.3 is 0 Å². The molecule has 1 aromatic heterocycles. The van der Waals surface area contributed by atoms with E-state index in [9.17, 15) is 8.78 Å². The highest BCUT2D eigenvalue weighted by atomic mass is 35.5. The molecule has 0 amide bonds. The summed E-state index contributed by atoms with van der Waals surface area (Å²) in [6, 6.07) is 0. The van der Waals surface area contributed by atoms with Gasteiger partial charge in [0, 0.05) is 5.56 Å². The first-order valence-corrected chi connectivity index (χ1v) is 4.63. The van der Waals surface area contributed by atoms with Crippen LogP contribution in [0.5, 0.6) is 11.5 Å². The van der Waals surface area contributed by atoms with E-state index in [2.05, 4.69) is 4.98 Å². The van der Waals surface area contributed by atoms with Gasteiger partial charge in [-0.25, -0.2) is 8.78 Å². The van der Waals surface area contributed by atoms with Gasteiger partial charge in [-0.15, -0.1) is 11.6 Å². The van der Waals surface area contributed by atoms with Crippen molar-refractivity contribution in [2.75, 3.05) is 14.2 Å². The monoisotopic (exact) mass is 237 g/mol. The molecule has 6 heteroatoms. The van der Waals surface area contributed by atoms with Crippen molar-refractivity contribution < 1.29 is 18.3 Å². The highest BCUT2D eigenvalue weighted by Gasteiger charge is 2.21. The van der Waals surface area contributed by atoms with Crippen LogP contribution in [-0.2, 0) is 5.88 Å². The Morgan fingerprint density at radius 2 is 2.07 bits per heavy atom. The maximum atomic E-state index is 12.5. The first kappa shape index (κ1) is 12.0. The molecule has 3 nitrogen and oxygen atoms in total. The quantitative estimate of drug-likeness (QED) is 0.755. The van der Waals surface area contributed by atoms with Gasteiger partial charge < -0.3 is 9.47 Å². The third-order valence-electron chi connectivity index (χ3n) is 1.89. The van der Waals surface area contributed by atoms with Gasteiger partial charge in [0.25, 0.3) is 6.43 Å². The molecule has 84 valence electrons. The summed E-state index contributed by atoms with van der Waals surface area (Å²) in [7, 11) is 2.77. The number of methoxy groups -OCH3 is 2. The normalized spacial score (nSPS) is 10.5. The van der Waals surface area contributed by atoms with E-state index in [1.165, 1.54) is 20.4 Å². The molecule has 1 heterocycles. The molecule has 0 N–H and O–H groups in total. The summed E-state index contributed by atoms with van der Waals surface area (Å²) in [5.74, 6) is 0.392. The number of nitrogens with zero attached hydrogens (tertiary/aromatic N) is 1. The van der Waals surface area contributed by atoms with Crippen molar-refractivity contribution in [2.45, 2.75) is 12.3 Å². The van der Waals surface area contributed by atoms with Gasteiger partial charge in [-0.05, 0) is 0 Å². The summed E-state index contributed by atoms with van der Waals surface area (Å²) < 4.78 is 35.0. The van der Waals surface area contributed by atoms with Gasteiger partial charge in [-0.1, -0.05) is 0 Å². The van der Waals surface area contributed by atoms with E-state index in [-0.39, 0.29) is 28.6 Å². The molecule has 1 aromatic rings. The molecular weight excluding hydrogens is 228 g/mol. The van der Waals surface area contributed by atoms with Crippen molar-refractivity contribution in [3.8, 4) is 11.5 Å². The summed E-state index contributed by atoms with van der Waals surface area (Å²) in [6.07, 6.45) is -1.49. The lowest BCUT2D eigenvalue weighted by Gasteiger charge is -2.13. The van der Waals surface area contributed by atoms with Crippen LogP contribution in [0.2, 0.25) is 0 Å². The zero-order valence-corrected chi connectivity index (χ0v) is 9.02. The average Bonchev–Trinajstić information content (AvgIpc) is 2.26. The Labute approximate surface area is 91.0 Å². The Morgan fingerprint density at radius 1 is 1.40 bits per heavy atom. The number of hydrogen-bond acceptors (Lipinski definition) is 3. The fourth-order valence-electron chi connectivity index (χ4n) is 1.22. The number of rotatable bonds is 4. The molecule has 0 atom stereocenters. The molecule has 0 aliphatic heterocycles. The molecule has 0 spiro atoms. The van der Waals surface area contributed by atoms with Crippen LogP contribution in [0, 0.1) is 0 Å². The largest absolute Gasteiger partial charge is 0.492 e. The Hall–Kier alpha value is -1.10. The first-order valence-electron chi connectivity index (χ1n) is 4.09. The summed E-state index contributed by atoms with van der Waals surface area (Å²) in [5, 5.41) is 0. The smallest absolute Gasteiger partial charge is 0.280 e. The van der Waals surface area contributed by atoms with Crippen LogP contribution in [-0.4, -0.2) is 19.2 Å². The summed E-state index contributed by atoms with van der Waals surface area (Å²) in [4.78, 5) is 3.59. The second kappa shape index (κ2) is 5.11. The van der Waals surface area contributed by atoms with Crippen LogP contribution < -0.4 is 9.47 Å². The molecule has 0 aromatic carbocycles. The molecular formula is C9H10ClF2NO2. The predicted molar refractivity (Wildman–Crippen MR) is 51.9 cm³/mol. The number of aromatic nitrogens is 1. The number of ether oxygens (including phenoxy) is 2. The van der Waals surface area contributed by atoms with E-state index in [0.717, 1.165) is 0 Å². The lowest BCUT2D eigenvalue weighted by atomic mass is 10.2. The molecule has 1 rings (SSSR count). The maximum Gasteiger partial charge on any atom is 0.280 e. The van der Waals surface area contributed by atoms with E-state index in [4.69, 9.17) is 21.1 Å². The third kappa shape index (κ3) is 2.28. The Balaban J connectivity index is 3.34. The Bertz CT molecular complexity index is 347. The van der Waals surface area contributed by atoms with Crippen LogP contribution in [0.1, 0.15) is 17.7 Å². The van der Waals surface area contributed by atoms with Gasteiger partial charge in [-0.3, -0.25) is 4.98 Å². The molecule has 0 fully saturated rings. The summed E-state index contributed by atoms with van der Waals surface area (Å²) in [6.45, 7) is 0. The van der Waals surface area contributed by atoms with Gasteiger partial charge in [0.05, 0.1) is 26.3 Å². The minimum absolute atomic E-state index is 0.104. The average molecular weight is 238 g/mol. The van der Waals surface area contributed by atoms with E-state index in [1.807, 2.05) is 0 Å². The molecule has 15 heavy (non-hydrogen) atoms. The number of alkyl halides is 3. The van der Waals surface area contributed by atoms with Gasteiger partial charge in [0.15, 0.2) is 11.5 Å². The van der Waals surface area contributed by atoms with Crippen LogP contribution in [0.25, 0.3) is 0 Å². The lowest BCUT2D eigenvalue weighted by Crippen LogP contribution is -2.02. The van der Waals surface area contributed by atoms with Crippen molar-refractivity contribution in [2.24, 2.45) is 0 Å². The van der Waals surface area contributed by atoms with Gasteiger partial charge in [0.1, 0.15) is 5.69 Å². The van der Waals surface area contributed by atoms with Crippen molar-refractivity contribution in [1.29, 1.82) is 0 Å². The summed E-state index contributed by atoms with van der Waals surface area (Å²) in [5.41, 5.74) is -0.212. The van der Waals surface area contributed by atoms with Crippen molar-refractivity contribution >= 4 is 11.6 Å². The maximum absolute atomic E-state index is 12.5. The second-order valence-corrected chi connectivity index (χ2v) is 2.93. The van der Waals surface area contributed by atoms with Gasteiger partial charge in [0.2, 0.25) is 0 Å². The lowest BCUT2D eigenvalue weighted by molar-refractivity contribution is 0.144. The predicted octanol–water partition coefficient (Wildman–Crippen LogP) is 2.78. The van der Waals surface area contributed by atoms with Gasteiger partial charge in [-0.2, -0.15) is 0 Å². The van der Waals surface area contributed by atoms with E-state index in [0.29, 0.717) is 0 Å². The van der Waals surface area contributed by atoms with Crippen molar-refractivity contribution in [3.05, 3.63) is 17.5 Å². The summed E-state index contributed by atoms with van der Waals surface area (Å²) >= 11 is 5.58. The minimum Gasteiger partial charge on any atom is -0.492 e. The fraction of sp³-hybridized carbons (Fsp3) is 0.444. The topological polar surface area (TPSA) is 31.4 Å². The Morgan fingerprint density at radius 3 is 2.47 bits per heavy atom. The zero-order valence-electron chi connectivity index (χ0n) is 8.26. The zero-order chi connectivity index (χ0) is 11.4. The number of halogens is 3. The number of pyridine rings is 1. The highest BCUT2D eigenvalue weighted by molar-refractivity contribution is 6.17. The minimum atomic E-state index is -2.68. The number of hydrogen-bond donors (Lipinski definition) is 0. The van der Waals surface area contributed by atoms with Crippen LogP contribution in [0.4, 0.5) is 8.78 Å². The van der Waals surface area contributed by atoms with E-state index >= 15 is 0 Å². The first-order chi connectivity index (χ1) is 7.15. The standard InChI is InChI=1S/C9H10ClF2NO2/c1-14-6-4-13-7(9(11)12)5(3-10)8(6)15-2/h4,9H,3H2,1-2H3. The third-order valence-corrected chi connectivity index (χ3v) is 2.16. The molecule has 0 radical (unpaired) electrons. The van der Waals surface area contributed by atoms with E-state index < -0.39 is 6.43 Å². The van der Waals surface area contributed by atoms with E-state index in [1.54, 1.807) is 0 Å². The molecule has 0 saturated heterocycles. The van der Waals surface area contributed by atoms with Crippen molar-refractivity contribution in [1.82, 2.24) is 4.98 Å².